The molecule has 3 aliphatic heterocycles. The zero-order valence-corrected chi connectivity index (χ0v) is 27.8. The Morgan fingerprint density at radius 3 is 2.10 bits per heavy atom. The van der Waals surface area contributed by atoms with Gasteiger partial charge in [-0.2, -0.15) is 0 Å². The number of rotatable bonds is 11. The number of nitrogens with zero attached hydrogens (tertiary/aromatic N) is 5. The van der Waals surface area contributed by atoms with Crippen LogP contribution in [0.2, 0.25) is 0 Å². The maximum absolute atomic E-state index is 13.2. The van der Waals surface area contributed by atoms with Gasteiger partial charge in [0.2, 0.25) is 0 Å². The lowest BCUT2D eigenvalue weighted by Gasteiger charge is -2.35. The number of H-pyrrole nitrogens is 1. The molecule has 2 saturated heterocycles. The van der Waals surface area contributed by atoms with E-state index in [9.17, 15) is 9.59 Å². The summed E-state index contributed by atoms with van der Waals surface area (Å²) in [5.41, 5.74) is 5.49. The van der Waals surface area contributed by atoms with Crippen molar-refractivity contribution in [1.29, 1.82) is 0 Å². The normalized spacial score (nSPS) is 17.4. The van der Waals surface area contributed by atoms with Crippen LogP contribution in [-0.2, 0) is 4.74 Å². The fourth-order valence-corrected chi connectivity index (χ4v) is 7.31. The van der Waals surface area contributed by atoms with Gasteiger partial charge in [0.25, 0.3) is 11.8 Å². The maximum atomic E-state index is 13.2. The number of aromatic nitrogens is 2. The summed E-state index contributed by atoms with van der Waals surface area (Å²) >= 11 is 0. The SMILES string of the molecule is O=C1c2cccc3cccc(c23)C(=O)N1CCCN1CCN(CCCOc2ccc(-c3nc4ccc(N5CCOCC5)cc4[nH]3)cc2)CC1. The monoisotopic (exact) mass is 658 g/mol. The number of imide groups is 1. The molecular weight excluding hydrogens is 616 g/mol. The third-order valence-corrected chi connectivity index (χ3v) is 10.0. The molecule has 10 nitrogen and oxygen atoms in total. The van der Waals surface area contributed by atoms with Crippen LogP contribution in [0.5, 0.6) is 5.75 Å². The molecular formula is C39H42N6O4. The van der Waals surface area contributed by atoms with Crippen LogP contribution in [0, 0.1) is 0 Å². The zero-order valence-electron chi connectivity index (χ0n) is 27.8. The number of imidazole rings is 1. The standard InChI is InChI=1S/C39H42N6O4/c46-38-32-7-1-5-28-6-2-8-33(36(28)32)39(47)45(38)17-3-15-42-18-20-43(21-19-42)16-4-24-49-31-12-9-29(10-13-31)37-40-34-14-11-30(27-35(34)41-37)44-22-25-48-26-23-44/h1-2,5-14,27H,3-4,15-26H2,(H,40,41). The van der Waals surface area contributed by atoms with Gasteiger partial charge in [-0.1, -0.05) is 24.3 Å². The largest absolute Gasteiger partial charge is 0.494 e. The molecule has 1 N–H and O–H groups in total. The Kier molecular flexibility index (Phi) is 8.99. The summed E-state index contributed by atoms with van der Waals surface area (Å²) in [6.07, 6.45) is 1.73. The number of hydrogen-bond acceptors (Lipinski definition) is 8. The first kappa shape index (κ1) is 31.5. The van der Waals surface area contributed by atoms with Gasteiger partial charge in [-0.3, -0.25) is 14.5 Å². The minimum atomic E-state index is -0.179. The molecule has 0 bridgehead atoms. The number of fused-ring (bicyclic) bond motifs is 1. The van der Waals surface area contributed by atoms with E-state index in [0.29, 0.717) is 24.3 Å². The number of ether oxygens (including phenoxy) is 2. The van der Waals surface area contributed by atoms with Gasteiger partial charge in [0, 0.05) is 80.1 Å². The average Bonchev–Trinajstić information content (AvgIpc) is 3.59. The molecule has 0 aliphatic carbocycles. The van der Waals surface area contributed by atoms with Gasteiger partial charge in [0.05, 0.1) is 30.9 Å². The number of anilines is 1. The van der Waals surface area contributed by atoms with Crippen LogP contribution in [0.3, 0.4) is 0 Å². The predicted octanol–water partition coefficient (Wildman–Crippen LogP) is 5.29. The van der Waals surface area contributed by atoms with Crippen molar-refractivity contribution in [2.75, 3.05) is 83.6 Å². The number of benzene rings is 4. The first-order valence-corrected chi connectivity index (χ1v) is 17.5. The van der Waals surface area contributed by atoms with E-state index in [1.54, 1.807) is 0 Å². The number of piperazine rings is 1. The first-order chi connectivity index (χ1) is 24.1. The summed E-state index contributed by atoms with van der Waals surface area (Å²) in [7, 11) is 0. The lowest BCUT2D eigenvalue weighted by Crippen LogP contribution is -2.47. The summed E-state index contributed by atoms with van der Waals surface area (Å²) in [6, 6.07) is 25.9. The van der Waals surface area contributed by atoms with E-state index in [4.69, 9.17) is 14.5 Å². The fourth-order valence-electron chi connectivity index (χ4n) is 7.31. The topological polar surface area (TPSA) is 94.2 Å². The molecule has 0 unspecified atom stereocenters. The van der Waals surface area contributed by atoms with Gasteiger partial charge < -0.3 is 29.2 Å². The highest BCUT2D eigenvalue weighted by Gasteiger charge is 2.32. The molecule has 252 valence electrons. The second kappa shape index (κ2) is 14.0. The minimum absolute atomic E-state index is 0.179. The van der Waals surface area contributed by atoms with Gasteiger partial charge in [-0.15, -0.1) is 0 Å². The number of carbonyl (C=O) groups is 2. The summed E-state index contributed by atoms with van der Waals surface area (Å²) in [6.45, 7) is 10.3. The van der Waals surface area contributed by atoms with Crippen LogP contribution < -0.4 is 9.64 Å². The van der Waals surface area contributed by atoms with Crippen molar-refractivity contribution < 1.29 is 19.1 Å². The van der Waals surface area contributed by atoms with E-state index in [0.717, 1.165) is 117 Å². The van der Waals surface area contributed by atoms with E-state index in [1.807, 2.05) is 48.5 Å². The van der Waals surface area contributed by atoms with Crippen LogP contribution in [0.4, 0.5) is 5.69 Å². The summed E-state index contributed by atoms with van der Waals surface area (Å²) in [4.78, 5) is 43.4. The van der Waals surface area contributed by atoms with Crippen LogP contribution in [0.15, 0.2) is 78.9 Å². The molecule has 0 atom stereocenters. The third kappa shape index (κ3) is 6.64. The zero-order chi connectivity index (χ0) is 33.2. The minimum Gasteiger partial charge on any atom is -0.494 e. The van der Waals surface area contributed by atoms with Gasteiger partial charge in [-0.05, 0) is 79.4 Å². The molecule has 0 spiro atoms. The summed E-state index contributed by atoms with van der Waals surface area (Å²) < 4.78 is 11.6. The fraction of sp³-hybridized carbons (Fsp3) is 0.359. The first-order valence-electron chi connectivity index (χ1n) is 17.5. The van der Waals surface area contributed by atoms with Gasteiger partial charge in [-0.25, -0.2) is 4.98 Å². The molecule has 4 aromatic carbocycles. The number of aromatic amines is 1. The number of amides is 2. The van der Waals surface area contributed by atoms with Crippen molar-refractivity contribution >= 4 is 39.3 Å². The lowest BCUT2D eigenvalue weighted by atomic mass is 9.94. The van der Waals surface area contributed by atoms with Crippen molar-refractivity contribution in [2.45, 2.75) is 12.8 Å². The predicted molar refractivity (Wildman–Crippen MR) is 191 cm³/mol. The Balaban J connectivity index is 0.750. The van der Waals surface area contributed by atoms with Crippen LogP contribution in [0.25, 0.3) is 33.2 Å². The van der Waals surface area contributed by atoms with E-state index >= 15 is 0 Å². The molecule has 0 radical (unpaired) electrons. The lowest BCUT2D eigenvalue weighted by molar-refractivity contribution is 0.0597. The summed E-state index contributed by atoms with van der Waals surface area (Å²) in [5, 5.41) is 1.72. The van der Waals surface area contributed by atoms with E-state index in [1.165, 1.54) is 10.6 Å². The van der Waals surface area contributed by atoms with E-state index in [2.05, 4.69) is 50.0 Å². The average molecular weight is 659 g/mol. The molecule has 5 aromatic rings. The highest BCUT2D eigenvalue weighted by Crippen LogP contribution is 2.30. The van der Waals surface area contributed by atoms with E-state index < -0.39 is 0 Å². The Morgan fingerprint density at radius 2 is 1.41 bits per heavy atom. The van der Waals surface area contributed by atoms with E-state index in [-0.39, 0.29) is 11.8 Å². The number of morpholine rings is 1. The highest BCUT2D eigenvalue weighted by molar-refractivity contribution is 6.25. The highest BCUT2D eigenvalue weighted by atomic mass is 16.5. The molecule has 0 saturated carbocycles. The Bertz CT molecular complexity index is 1910. The molecule has 1 aromatic heterocycles. The van der Waals surface area contributed by atoms with Gasteiger partial charge in [0.1, 0.15) is 11.6 Å². The molecule has 4 heterocycles. The van der Waals surface area contributed by atoms with Crippen molar-refractivity contribution in [2.24, 2.45) is 0 Å². The van der Waals surface area contributed by atoms with Crippen molar-refractivity contribution in [3.05, 3.63) is 90.0 Å². The summed E-state index contributed by atoms with van der Waals surface area (Å²) in [5.74, 6) is 1.37. The number of carbonyl (C=O) groups excluding carboxylic acids is 2. The number of nitrogens with one attached hydrogen (secondary N) is 1. The Morgan fingerprint density at radius 1 is 0.735 bits per heavy atom. The maximum Gasteiger partial charge on any atom is 0.261 e. The third-order valence-electron chi connectivity index (χ3n) is 10.0. The van der Waals surface area contributed by atoms with Gasteiger partial charge >= 0.3 is 0 Å². The van der Waals surface area contributed by atoms with Crippen LogP contribution in [-0.4, -0.2) is 115 Å². The molecule has 2 amide bonds. The van der Waals surface area contributed by atoms with Crippen LogP contribution >= 0.6 is 0 Å². The second-order valence-corrected chi connectivity index (χ2v) is 13.1. The second-order valence-electron chi connectivity index (χ2n) is 13.1. The molecule has 10 heteroatoms. The molecule has 8 rings (SSSR count). The Hall–Kier alpha value is -4.77. The quantitative estimate of drug-likeness (QED) is 0.151. The van der Waals surface area contributed by atoms with Crippen LogP contribution in [0.1, 0.15) is 33.6 Å². The Labute approximate surface area is 286 Å². The van der Waals surface area contributed by atoms with Gasteiger partial charge in [0.15, 0.2) is 0 Å². The number of hydrogen-bond donors (Lipinski definition) is 1. The van der Waals surface area contributed by atoms with Crippen molar-refractivity contribution in [3.8, 4) is 17.1 Å². The molecule has 2 fully saturated rings. The molecule has 49 heavy (non-hydrogen) atoms. The molecule has 3 aliphatic rings. The van der Waals surface area contributed by atoms with Crippen molar-refractivity contribution in [1.82, 2.24) is 24.7 Å². The smallest absolute Gasteiger partial charge is 0.261 e. The van der Waals surface area contributed by atoms with Crippen molar-refractivity contribution in [3.63, 3.8) is 0 Å².